The van der Waals surface area contributed by atoms with Crippen LogP contribution in [0.25, 0.3) is 0 Å². The van der Waals surface area contributed by atoms with E-state index in [1.54, 1.807) is 0 Å². The van der Waals surface area contributed by atoms with E-state index in [2.05, 4.69) is 11.8 Å². The first-order chi connectivity index (χ1) is 5.77. The molecule has 1 heterocycles. The van der Waals surface area contributed by atoms with Crippen molar-refractivity contribution in [2.75, 3.05) is 13.1 Å². The average Bonchev–Trinajstić information content (AvgIpc) is 2.83. The van der Waals surface area contributed by atoms with Gasteiger partial charge in [-0.1, -0.05) is 6.92 Å². The molecule has 2 nitrogen and oxygen atoms in total. The minimum Gasteiger partial charge on any atom is -0.342 e. The lowest BCUT2D eigenvalue weighted by atomic mass is 9.99. The minimum atomic E-state index is 0.289. The second-order valence-corrected chi connectivity index (χ2v) is 4.27. The molecule has 0 radical (unpaired) electrons. The normalized spacial score (nSPS) is 30.9. The van der Waals surface area contributed by atoms with Gasteiger partial charge in [0.1, 0.15) is 0 Å². The predicted octanol–water partition coefficient (Wildman–Crippen LogP) is 1.65. The molecule has 1 aliphatic heterocycles. The molecule has 0 aromatic carbocycles. The SMILES string of the molecule is CC1CCCN(CC2CC2)C1=O. The van der Waals surface area contributed by atoms with E-state index in [0.29, 0.717) is 5.91 Å². The van der Waals surface area contributed by atoms with Crippen LogP contribution in [-0.2, 0) is 4.79 Å². The summed E-state index contributed by atoms with van der Waals surface area (Å²) in [4.78, 5) is 13.7. The first kappa shape index (κ1) is 8.09. The third-order valence-corrected chi connectivity index (χ3v) is 2.97. The highest BCUT2D eigenvalue weighted by molar-refractivity contribution is 5.79. The zero-order chi connectivity index (χ0) is 8.55. The van der Waals surface area contributed by atoms with Gasteiger partial charge in [0, 0.05) is 19.0 Å². The Balaban J connectivity index is 1.89. The van der Waals surface area contributed by atoms with Crippen LogP contribution in [0.3, 0.4) is 0 Å². The molecular weight excluding hydrogens is 150 g/mol. The van der Waals surface area contributed by atoms with Crippen molar-refractivity contribution in [1.29, 1.82) is 0 Å². The van der Waals surface area contributed by atoms with Crippen LogP contribution in [0.4, 0.5) is 0 Å². The van der Waals surface area contributed by atoms with Crippen molar-refractivity contribution < 1.29 is 4.79 Å². The zero-order valence-electron chi connectivity index (χ0n) is 7.75. The van der Waals surface area contributed by atoms with E-state index in [1.807, 2.05) is 0 Å². The fourth-order valence-electron chi connectivity index (χ4n) is 1.93. The molecule has 12 heavy (non-hydrogen) atoms. The second-order valence-electron chi connectivity index (χ2n) is 4.27. The van der Waals surface area contributed by atoms with E-state index in [9.17, 15) is 4.79 Å². The van der Waals surface area contributed by atoms with Gasteiger partial charge in [-0.05, 0) is 31.6 Å². The molecule has 1 amide bonds. The van der Waals surface area contributed by atoms with Crippen molar-refractivity contribution in [3.63, 3.8) is 0 Å². The number of likely N-dealkylation sites (tertiary alicyclic amines) is 1. The smallest absolute Gasteiger partial charge is 0.225 e. The Labute approximate surface area is 73.9 Å². The molecule has 0 spiro atoms. The van der Waals surface area contributed by atoms with Gasteiger partial charge < -0.3 is 4.90 Å². The fourth-order valence-corrected chi connectivity index (χ4v) is 1.93. The summed E-state index contributed by atoms with van der Waals surface area (Å²) in [5, 5.41) is 0. The maximum absolute atomic E-state index is 11.6. The Bertz CT molecular complexity index is 186. The molecule has 2 aliphatic rings. The van der Waals surface area contributed by atoms with Crippen LogP contribution in [0.1, 0.15) is 32.6 Å². The number of hydrogen-bond acceptors (Lipinski definition) is 1. The Morgan fingerprint density at radius 3 is 2.83 bits per heavy atom. The molecule has 0 bridgehead atoms. The second kappa shape index (κ2) is 3.08. The zero-order valence-corrected chi connectivity index (χ0v) is 7.75. The molecule has 1 atom stereocenters. The van der Waals surface area contributed by atoms with Gasteiger partial charge in [-0.3, -0.25) is 4.79 Å². The molecule has 1 aliphatic carbocycles. The van der Waals surface area contributed by atoms with Crippen molar-refractivity contribution in [2.24, 2.45) is 11.8 Å². The monoisotopic (exact) mass is 167 g/mol. The van der Waals surface area contributed by atoms with Gasteiger partial charge in [-0.25, -0.2) is 0 Å². The van der Waals surface area contributed by atoms with Crippen molar-refractivity contribution in [3.8, 4) is 0 Å². The largest absolute Gasteiger partial charge is 0.342 e. The number of rotatable bonds is 2. The third kappa shape index (κ3) is 1.62. The number of carbonyl (C=O) groups is 1. The van der Waals surface area contributed by atoms with Crippen molar-refractivity contribution in [3.05, 3.63) is 0 Å². The summed E-state index contributed by atoms with van der Waals surface area (Å²) in [6.07, 6.45) is 5.00. The van der Waals surface area contributed by atoms with Gasteiger partial charge in [0.05, 0.1) is 0 Å². The highest BCUT2D eigenvalue weighted by atomic mass is 16.2. The summed E-state index contributed by atoms with van der Waals surface area (Å²) in [6.45, 7) is 4.12. The van der Waals surface area contributed by atoms with Gasteiger partial charge >= 0.3 is 0 Å². The number of piperidine rings is 1. The molecule has 0 aromatic heterocycles. The molecule has 68 valence electrons. The standard InChI is InChI=1S/C10H17NO/c1-8-3-2-6-11(10(8)12)7-9-4-5-9/h8-9H,2-7H2,1H3. The van der Waals surface area contributed by atoms with E-state index in [1.165, 1.54) is 19.3 Å². The molecular formula is C10H17NO. The van der Waals surface area contributed by atoms with Gasteiger partial charge in [0.2, 0.25) is 5.91 Å². The number of nitrogens with zero attached hydrogens (tertiary/aromatic N) is 1. The van der Waals surface area contributed by atoms with Crippen LogP contribution in [0.2, 0.25) is 0 Å². The van der Waals surface area contributed by atoms with Crippen molar-refractivity contribution >= 4 is 5.91 Å². The maximum atomic E-state index is 11.6. The third-order valence-electron chi connectivity index (χ3n) is 2.97. The summed E-state index contributed by atoms with van der Waals surface area (Å²) in [5.41, 5.74) is 0. The van der Waals surface area contributed by atoms with Gasteiger partial charge in [0.15, 0.2) is 0 Å². The van der Waals surface area contributed by atoms with Gasteiger partial charge in [-0.2, -0.15) is 0 Å². The lowest BCUT2D eigenvalue weighted by Crippen LogP contribution is -2.41. The summed E-state index contributed by atoms with van der Waals surface area (Å²) >= 11 is 0. The first-order valence-electron chi connectivity index (χ1n) is 5.06. The molecule has 2 rings (SSSR count). The van der Waals surface area contributed by atoms with E-state index >= 15 is 0 Å². The average molecular weight is 167 g/mol. The van der Waals surface area contributed by atoms with Crippen LogP contribution in [-0.4, -0.2) is 23.9 Å². The Morgan fingerprint density at radius 2 is 2.17 bits per heavy atom. The summed E-state index contributed by atoms with van der Waals surface area (Å²) in [6, 6.07) is 0. The summed E-state index contributed by atoms with van der Waals surface area (Å²) in [5.74, 6) is 1.53. The Hall–Kier alpha value is -0.530. The van der Waals surface area contributed by atoms with Crippen LogP contribution >= 0.6 is 0 Å². The van der Waals surface area contributed by atoms with Gasteiger partial charge in [0.25, 0.3) is 0 Å². The van der Waals surface area contributed by atoms with E-state index in [4.69, 9.17) is 0 Å². The predicted molar refractivity (Wildman–Crippen MR) is 47.7 cm³/mol. The van der Waals surface area contributed by atoms with Gasteiger partial charge in [-0.15, -0.1) is 0 Å². The van der Waals surface area contributed by atoms with Crippen molar-refractivity contribution in [2.45, 2.75) is 32.6 Å². The number of carbonyl (C=O) groups excluding carboxylic acids is 1. The van der Waals surface area contributed by atoms with E-state index in [0.717, 1.165) is 25.4 Å². The van der Waals surface area contributed by atoms with E-state index in [-0.39, 0.29) is 5.92 Å². The topological polar surface area (TPSA) is 20.3 Å². The molecule has 0 N–H and O–H groups in total. The summed E-state index contributed by atoms with van der Waals surface area (Å²) in [7, 11) is 0. The quantitative estimate of drug-likeness (QED) is 0.612. The Morgan fingerprint density at radius 1 is 1.42 bits per heavy atom. The fraction of sp³-hybridized carbons (Fsp3) is 0.900. The van der Waals surface area contributed by atoms with Crippen LogP contribution in [0.5, 0.6) is 0 Å². The highest BCUT2D eigenvalue weighted by Crippen LogP contribution is 2.31. The van der Waals surface area contributed by atoms with Crippen LogP contribution in [0.15, 0.2) is 0 Å². The Kier molecular flexibility index (Phi) is 2.07. The highest BCUT2D eigenvalue weighted by Gasteiger charge is 2.30. The number of amides is 1. The minimum absolute atomic E-state index is 0.289. The maximum Gasteiger partial charge on any atom is 0.225 e. The van der Waals surface area contributed by atoms with E-state index < -0.39 is 0 Å². The molecule has 1 saturated carbocycles. The number of hydrogen-bond donors (Lipinski definition) is 0. The molecule has 2 fully saturated rings. The lowest BCUT2D eigenvalue weighted by molar-refractivity contribution is -0.137. The van der Waals surface area contributed by atoms with Crippen LogP contribution < -0.4 is 0 Å². The molecule has 1 unspecified atom stereocenters. The lowest BCUT2D eigenvalue weighted by Gasteiger charge is -2.30. The first-order valence-corrected chi connectivity index (χ1v) is 5.06. The molecule has 1 saturated heterocycles. The van der Waals surface area contributed by atoms with Crippen LogP contribution in [0, 0.1) is 11.8 Å². The molecule has 2 heteroatoms. The van der Waals surface area contributed by atoms with Crippen molar-refractivity contribution in [1.82, 2.24) is 4.90 Å². The molecule has 0 aromatic rings. The summed E-state index contributed by atoms with van der Waals surface area (Å²) < 4.78 is 0.